The Labute approximate surface area is 90.5 Å². The van der Waals surface area contributed by atoms with Crippen molar-refractivity contribution in [3.63, 3.8) is 0 Å². The first-order chi connectivity index (χ1) is 7.28. The van der Waals surface area contributed by atoms with Gasteiger partial charge in [0.15, 0.2) is 0 Å². The second-order valence-electron chi connectivity index (χ2n) is 4.24. The Morgan fingerprint density at radius 3 is 2.73 bits per heavy atom. The maximum atomic E-state index is 4.42. The minimum Gasteiger partial charge on any atom is -0.369 e. The molecule has 1 heterocycles. The van der Waals surface area contributed by atoms with Gasteiger partial charge in [-0.15, -0.1) is 0 Å². The minimum absolute atomic E-state index is 0.589. The summed E-state index contributed by atoms with van der Waals surface area (Å²) in [6, 6.07) is 0.589. The van der Waals surface area contributed by atoms with Crippen molar-refractivity contribution in [2.45, 2.75) is 32.7 Å². The van der Waals surface area contributed by atoms with Crippen molar-refractivity contribution in [1.82, 2.24) is 9.97 Å². The van der Waals surface area contributed by atoms with Gasteiger partial charge in [-0.2, -0.15) is 0 Å². The highest BCUT2D eigenvalue weighted by Crippen LogP contribution is 2.28. The van der Waals surface area contributed by atoms with Gasteiger partial charge in [-0.25, -0.2) is 4.98 Å². The number of hydrogen-bond acceptors (Lipinski definition) is 4. The molecule has 1 aliphatic carbocycles. The van der Waals surface area contributed by atoms with Crippen LogP contribution in [0.25, 0.3) is 0 Å². The summed E-state index contributed by atoms with van der Waals surface area (Å²) < 4.78 is 0. The Kier molecular flexibility index (Phi) is 3.04. The smallest absolute Gasteiger partial charge is 0.147 e. The fourth-order valence-electron chi connectivity index (χ4n) is 1.93. The summed E-state index contributed by atoms with van der Waals surface area (Å²) in [6.45, 7) is 5.20. The van der Waals surface area contributed by atoms with Gasteiger partial charge in [0.05, 0.1) is 12.4 Å². The molecular weight excluding hydrogens is 188 g/mol. The van der Waals surface area contributed by atoms with Gasteiger partial charge in [-0.05, 0) is 25.7 Å². The zero-order valence-corrected chi connectivity index (χ0v) is 9.33. The molecule has 1 aliphatic rings. The van der Waals surface area contributed by atoms with Crippen molar-refractivity contribution in [2.75, 3.05) is 17.2 Å². The average molecular weight is 206 g/mol. The van der Waals surface area contributed by atoms with Gasteiger partial charge in [-0.3, -0.25) is 4.98 Å². The van der Waals surface area contributed by atoms with Crippen LogP contribution in [0.5, 0.6) is 0 Å². The standard InChI is InChI=1S/C11H18N4/c1-3-13-10-6-12-7-11(15-10)14-9-4-8(2)5-9/h6-9H,3-5H2,1-2H3,(H2,13,14,15). The molecule has 0 saturated heterocycles. The third-order valence-electron chi connectivity index (χ3n) is 2.72. The SMILES string of the molecule is CCNc1cncc(NC2CC(C)C2)n1. The maximum Gasteiger partial charge on any atom is 0.147 e. The van der Waals surface area contributed by atoms with E-state index in [-0.39, 0.29) is 0 Å². The number of anilines is 2. The fraction of sp³-hybridized carbons (Fsp3) is 0.636. The monoisotopic (exact) mass is 206 g/mol. The van der Waals surface area contributed by atoms with Crippen LogP contribution in [0.3, 0.4) is 0 Å². The van der Waals surface area contributed by atoms with E-state index in [1.54, 1.807) is 12.4 Å². The lowest BCUT2D eigenvalue weighted by Crippen LogP contribution is -2.34. The summed E-state index contributed by atoms with van der Waals surface area (Å²) in [5.41, 5.74) is 0. The lowest BCUT2D eigenvalue weighted by atomic mass is 9.82. The third kappa shape index (κ3) is 2.58. The molecule has 15 heavy (non-hydrogen) atoms. The lowest BCUT2D eigenvalue weighted by molar-refractivity contribution is 0.308. The van der Waals surface area contributed by atoms with E-state index < -0.39 is 0 Å². The molecule has 0 aliphatic heterocycles. The normalized spacial score (nSPS) is 24.4. The first kappa shape index (κ1) is 10.2. The molecule has 4 heteroatoms. The molecule has 82 valence electrons. The largest absolute Gasteiger partial charge is 0.369 e. The zero-order valence-electron chi connectivity index (χ0n) is 9.33. The van der Waals surface area contributed by atoms with Crippen LogP contribution in [-0.2, 0) is 0 Å². The molecule has 0 atom stereocenters. The summed E-state index contributed by atoms with van der Waals surface area (Å²) in [6.07, 6.45) is 6.02. The molecule has 4 nitrogen and oxygen atoms in total. The highest BCUT2D eigenvalue weighted by molar-refractivity contribution is 5.42. The van der Waals surface area contributed by atoms with Gasteiger partial charge in [-0.1, -0.05) is 6.92 Å². The van der Waals surface area contributed by atoms with E-state index in [0.29, 0.717) is 6.04 Å². The number of aromatic nitrogens is 2. The average Bonchev–Trinajstić information content (AvgIpc) is 2.17. The van der Waals surface area contributed by atoms with E-state index in [1.165, 1.54) is 12.8 Å². The highest BCUT2D eigenvalue weighted by Gasteiger charge is 2.25. The van der Waals surface area contributed by atoms with Gasteiger partial charge >= 0.3 is 0 Å². The summed E-state index contributed by atoms with van der Waals surface area (Å²) in [4.78, 5) is 8.57. The van der Waals surface area contributed by atoms with Crippen molar-refractivity contribution < 1.29 is 0 Å². The molecule has 2 rings (SSSR count). The van der Waals surface area contributed by atoms with Crippen molar-refractivity contribution >= 4 is 11.6 Å². The maximum absolute atomic E-state index is 4.42. The predicted molar refractivity (Wildman–Crippen MR) is 62.0 cm³/mol. The Morgan fingerprint density at radius 1 is 1.33 bits per heavy atom. The zero-order chi connectivity index (χ0) is 10.7. The first-order valence-corrected chi connectivity index (χ1v) is 5.60. The summed E-state index contributed by atoms with van der Waals surface area (Å²) in [5, 5.41) is 6.55. The summed E-state index contributed by atoms with van der Waals surface area (Å²) in [7, 11) is 0. The Bertz CT molecular complexity index is 320. The molecule has 1 aromatic heterocycles. The number of hydrogen-bond donors (Lipinski definition) is 2. The third-order valence-corrected chi connectivity index (χ3v) is 2.72. The Hall–Kier alpha value is -1.32. The van der Waals surface area contributed by atoms with Gasteiger partial charge in [0.25, 0.3) is 0 Å². The molecule has 1 fully saturated rings. The van der Waals surface area contributed by atoms with Gasteiger partial charge < -0.3 is 10.6 Å². The molecule has 0 spiro atoms. The van der Waals surface area contributed by atoms with Crippen molar-refractivity contribution in [1.29, 1.82) is 0 Å². The molecule has 0 aromatic carbocycles. The van der Waals surface area contributed by atoms with Crippen LogP contribution in [0.1, 0.15) is 26.7 Å². The quantitative estimate of drug-likeness (QED) is 0.792. The molecule has 1 aromatic rings. The van der Waals surface area contributed by atoms with Gasteiger partial charge in [0, 0.05) is 12.6 Å². The molecule has 0 amide bonds. The van der Waals surface area contributed by atoms with Crippen molar-refractivity contribution in [2.24, 2.45) is 5.92 Å². The van der Waals surface area contributed by atoms with Crippen LogP contribution < -0.4 is 10.6 Å². The summed E-state index contributed by atoms with van der Waals surface area (Å²) >= 11 is 0. The molecule has 0 radical (unpaired) electrons. The molecule has 1 saturated carbocycles. The predicted octanol–water partition coefficient (Wildman–Crippen LogP) is 2.12. The highest BCUT2D eigenvalue weighted by atomic mass is 15.1. The molecule has 0 unspecified atom stereocenters. The minimum atomic E-state index is 0.589. The first-order valence-electron chi connectivity index (χ1n) is 5.60. The van der Waals surface area contributed by atoms with Gasteiger partial charge in [0.1, 0.15) is 11.6 Å². The fourth-order valence-corrected chi connectivity index (χ4v) is 1.93. The van der Waals surface area contributed by atoms with Crippen LogP contribution >= 0.6 is 0 Å². The van der Waals surface area contributed by atoms with E-state index in [2.05, 4.69) is 34.4 Å². The van der Waals surface area contributed by atoms with E-state index in [1.807, 2.05) is 0 Å². The van der Waals surface area contributed by atoms with Crippen molar-refractivity contribution in [3.8, 4) is 0 Å². The van der Waals surface area contributed by atoms with Crippen molar-refractivity contribution in [3.05, 3.63) is 12.4 Å². The molecule has 0 bridgehead atoms. The second-order valence-corrected chi connectivity index (χ2v) is 4.24. The van der Waals surface area contributed by atoms with E-state index >= 15 is 0 Å². The van der Waals surface area contributed by atoms with Crippen LogP contribution in [0.15, 0.2) is 12.4 Å². The Morgan fingerprint density at radius 2 is 2.07 bits per heavy atom. The summed E-state index contributed by atoms with van der Waals surface area (Å²) in [5.74, 6) is 2.58. The number of nitrogens with zero attached hydrogens (tertiary/aromatic N) is 2. The van der Waals surface area contributed by atoms with Gasteiger partial charge in [0.2, 0.25) is 0 Å². The number of nitrogens with one attached hydrogen (secondary N) is 2. The van der Waals surface area contributed by atoms with E-state index in [0.717, 1.165) is 24.1 Å². The Balaban J connectivity index is 1.93. The van der Waals surface area contributed by atoms with Crippen LogP contribution in [0.4, 0.5) is 11.6 Å². The van der Waals surface area contributed by atoms with E-state index in [4.69, 9.17) is 0 Å². The lowest BCUT2D eigenvalue weighted by Gasteiger charge is -2.33. The number of rotatable bonds is 4. The molecule has 2 N–H and O–H groups in total. The topological polar surface area (TPSA) is 49.8 Å². The second kappa shape index (κ2) is 4.47. The van der Waals surface area contributed by atoms with Crippen LogP contribution in [0.2, 0.25) is 0 Å². The molecular formula is C11H18N4. The van der Waals surface area contributed by atoms with Crippen LogP contribution in [0, 0.1) is 5.92 Å². The van der Waals surface area contributed by atoms with E-state index in [9.17, 15) is 0 Å². The van der Waals surface area contributed by atoms with Crippen LogP contribution in [-0.4, -0.2) is 22.6 Å².